The average molecular weight is 885 g/mol. The maximum absolute atomic E-state index is 2.86. The lowest BCUT2D eigenvalue weighted by Gasteiger charge is -2.50. The van der Waals surface area contributed by atoms with Gasteiger partial charge in [-0.15, -0.1) is 0 Å². The van der Waals surface area contributed by atoms with Gasteiger partial charge < -0.3 is 9.80 Å². The summed E-state index contributed by atoms with van der Waals surface area (Å²) in [4.78, 5) is 5.50. The lowest BCUT2D eigenvalue weighted by Crippen LogP contribution is -2.48. The average Bonchev–Trinajstić information content (AvgIpc) is 3.90. The Morgan fingerprint density at radius 3 is 1.76 bits per heavy atom. The van der Waals surface area contributed by atoms with Crippen LogP contribution in [0.3, 0.4) is 0 Å². The predicted octanol–water partition coefficient (Wildman–Crippen LogP) is 19.2. The molecule has 0 bridgehead atoms. The Bertz CT molecular complexity index is 2340. The zero-order valence-corrected chi connectivity index (χ0v) is 43.6. The van der Waals surface area contributed by atoms with Gasteiger partial charge in [0.1, 0.15) is 0 Å². The number of benzene rings is 4. The van der Waals surface area contributed by atoms with Crippen molar-refractivity contribution in [2.45, 2.75) is 220 Å². The number of aryl methyl sites for hydroxylation is 3. The predicted molar refractivity (Wildman–Crippen MR) is 288 cm³/mol. The number of rotatable bonds is 21. The fourth-order valence-corrected chi connectivity index (χ4v) is 14.4. The van der Waals surface area contributed by atoms with Crippen LogP contribution in [-0.4, -0.2) is 6.04 Å². The number of hydrogen-bond acceptors (Lipinski definition) is 2. The second kappa shape index (κ2) is 19.9. The van der Waals surface area contributed by atoms with Gasteiger partial charge in [0.25, 0.3) is 0 Å². The molecule has 354 valence electrons. The Morgan fingerprint density at radius 2 is 1.24 bits per heavy atom. The molecule has 0 aliphatic heterocycles. The first-order valence-electron chi connectivity index (χ1n) is 27.3. The Labute approximate surface area is 403 Å². The van der Waals surface area contributed by atoms with Crippen molar-refractivity contribution in [2.24, 2.45) is 11.3 Å². The molecular weight excluding hydrogens is 797 g/mol. The molecule has 0 aromatic heterocycles. The van der Waals surface area contributed by atoms with E-state index in [0.717, 1.165) is 25.7 Å². The molecule has 0 spiro atoms. The van der Waals surface area contributed by atoms with Gasteiger partial charge in [-0.05, 0) is 184 Å². The first kappa shape index (κ1) is 48.4. The molecule has 0 heterocycles. The summed E-state index contributed by atoms with van der Waals surface area (Å²) in [7, 11) is 0. The van der Waals surface area contributed by atoms with Crippen LogP contribution in [0, 0.1) is 25.2 Å². The lowest BCUT2D eigenvalue weighted by atomic mass is 9.55. The minimum absolute atomic E-state index is 0.0972. The molecule has 4 aliphatic carbocycles. The van der Waals surface area contributed by atoms with Crippen LogP contribution in [0.5, 0.6) is 0 Å². The molecule has 3 atom stereocenters. The minimum atomic E-state index is 0.0972. The molecule has 4 aromatic carbocycles. The van der Waals surface area contributed by atoms with Crippen molar-refractivity contribution in [2.75, 3.05) is 9.80 Å². The SMILES string of the molecule is C/C=C/C(C)(CCCCC)[C@H](CC)N(C1=CC[C@@H]1C)c1ccc2c(c1)C13CCCC1(CCC3)c1cc(N(c3ccc(C(C)(CC)CC)cc3)c3c(C)cc(CCCCCC)cc3C)ccc1-2. The van der Waals surface area contributed by atoms with E-state index in [1.54, 1.807) is 16.8 Å². The lowest BCUT2D eigenvalue weighted by molar-refractivity contribution is 0.278. The van der Waals surface area contributed by atoms with E-state index in [1.807, 2.05) is 0 Å². The van der Waals surface area contributed by atoms with Crippen LogP contribution in [-0.2, 0) is 22.7 Å². The maximum atomic E-state index is 2.86. The van der Waals surface area contributed by atoms with Crippen LogP contribution in [0.4, 0.5) is 22.7 Å². The second-order valence-electron chi connectivity index (χ2n) is 22.4. The molecule has 1 unspecified atom stereocenters. The summed E-state index contributed by atoms with van der Waals surface area (Å²) in [5, 5.41) is 0. The number of unbranched alkanes of at least 4 members (excludes halogenated alkanes) is 5. The Hall–Kier alpha value is -4.04. The monoisotopic (exact) mass is 885 g/mol. The van der Waals surface area contributed by atoms with Gasteiger partial charge in [-0.2, -0.15) is 0 Å². The number of anilines is 4. The molecule has 0 amide bonds. The third-order valence-corrected chi connectivity index (χ3v) is 18.5. The summed E-state index contributed by atoms with van der Waals surface area (Å²) in [5.74, 6) is 0.589. The van der Waals surface area contributed by atoms with Crippen LogP contribution in [0.2, 0.25) is 0 Å². The van der Waals surface area contributed by atoms with E-state index in [0.29, 0.717) is 12.0 Å². The van der Waals surface area contributed by atoms with Gasteiger partial charge in [0.05, 0.1) is 5.69 Å². The maximum Gasteiger partial charge on any atom is 0.0520 e. The molecule has 0 N–H and O–H groups in total. The first-order valence-corrected chi connectivity index (χ1v) is 27.3. The van der Waals surface area contributed by atoms with E-state index in [9.17, 15) is 0 Å². The van der Waals surface area contributed by atoms with E-state index >= 15 is 0 Å². The number of hydrogen-bond donors (Lipinski definition) is 0. The molecule has 2 saturated carbocycles. The van der Waals surface area contributed by atoms with E-state index in [4.69, 9.17) is 0 Å². The van der Waals surface area contributed by atoms with Crippen molar-refractivity contribution in [1.29, 1.82) is 0 Å². The van der Waals surface area contributed by atoms with Gasteiger partial charge in [0, 0.05) is 45.0 Å². The van der Waals surface area contributed by atoms with E-state index in [2.05, 4.69) is 177 Å². The normalized spacial score (nSPS) is 22.2. The van der Waals surface area contributed by atoms with Crippen LogP contribution < -0.4 is 9.80 Å². The van der Waals surface area contributed by atoms with E-state index in [-0.39, 0.29) is 21.7 Å². The largest absolute Gasteiger partial charge is 0.341 e. The standard InChI is InChI=1S/C64H88N2/c1-12-18-20-21-25-49-42-47(8)60(48(9)43-49)65(51-29-27-50(28-30-51)61(10,16-5)17-6)52-31-33-54-55-34-32-53(45-57(55)64-40-23-38-63(64,39-24-41-64)56(54)44-52)66(58-35-26-46(58)7)59(15-4)62(11,36-14-3)37-22-19-13-2/h14,27-36,42-46,59H,12-13,15-26,37-41H2,1-11H3/b36-14+/t46-,59-,62?,63?,64?/m0/s1. The van der Waals surface area contributed by atoms with Gasteiger partial charge in [-0.25, -0.2) is 0 Å². The van der Waals surface area contributed by atoms with Crippen molar-refractivity contribution in [3.8, 4) is 11.1 Å². The summed E-state index contributed by atoms with van der Waals surface area (Å²) in [6.45, 7) is 26.2. The summed E-state index contributed by atoms with van der Waals surface area (Å²) >= 11 is 0. The Balaban J connectivity index is 1.27. The molecule has 2 fully saturated rings. The van der Waals surface area contributed by atoms with Gasteiger partial charge in [0.15, 0.2) is 0 Å². The van der Waals surface area contributed by atoms with Crippen molar-refractivity contribution < 1.29 is 0 Å². The quantitative estimate of drug-likeness (QED) is 0.0608. The molecule has 0 saturated heterocycles. The summed E-state index contributed by atoms with van der Waals surface area (Å²) in [5.41, 5.74) is 19.5. The fourth-order valence-electron chi connectivity index (χ4n) is 14.4. The minimum Gasteiger partial charge on any atom is -0.341 e. The Kier molecular flexibility index (Phi) is 14.6. The molecule has 2 nitrogen and oxygen atoms in total. The topological polar surface area (TPSA) is 6.48 Å². The zero-order valence-electron chi connectivity index (χ0n) is 43.6. The highest BCUT2D eigenvalue weighted by atomic mass is 15.2. The zero-order chi connectivity index (χ0) is 46.9. The molecule has 4 aromatic rings. The van der Waals surface area contributed by atoms with Gasteiger partial charge in [0.2, 0.25) is 0 Å². The van der Waals surface area contributed by atoms with Crippen molar-refractivity contribution >= 4 is 22.7 Å². The fraction of sp³-hybridized carbons (Fsp3) is 0.562. The van der Waals surface area contributed by atoms with Gasteiger partial charge in [-0.3, -0.25) is 0 Å². The van der Waals surface area contributed by atoms with Gasteiger partial charge >= 0.3 is 0 Å². The number of fused-ring (bicyclic) bond motifs is 3. The third-order valence-electron chi connectivity index (χ3n) is 18.5. The van der Waals surface area contributed by atoms with Crippen LogP contribution >= 0.6 is 0 Å². The Morgan fingerprint density at radius 1 is 0.682 bits per heavy atom. The smallest absolute Gasteiger partial charge is 0.0520 e. The van der Waals surface area contributed by atoms with E-state index in [1.165, 1.54) is 152 Å². The van der Waals surface area contributed by atoms with Crippen molar-refractivity contribution in [3.05, 3.63) is 130 Å². The second-order valence-corrected chi connectivity index (χ2v) is 22.4. The number of nitrogens with zero attached hydrogens (tertiary/aromatic N) is 2. The van der Waals surface area contributed by atoms with E-state index < -0.39 is 0 Å². The highest BCUT2D eigenvalue weighted by Gasteiger charge is 2.62. The van der Waals surface area contributed by atoms with Crippen LogP contribution in [0.1, 0.15) is 211 Å². The molecule has 8 rings (SSSR count). The van der Waals surface area contributed by atoms with Crippen molar-refractivity contribution in [3.63, 3.8) is 0 Å². The highest BCUT2D eigenvalue weighted by Crippen LogP contribution is 2.70. The summed E-state index contributed by atoms with van der Waals surface area (Å²) in [6, 6.07) is 30.7. The van der Waals surface area contributed by atoms with Crippen molar-refractivity contribution in [1.82, 2.24) is 0 Å². The molecule has 2 heteroatoms. The molecule has 4 aliphatic rings. The highest BCUT2D eigenvalue weighted by molar-refractivity contribution is 5.87. The van der Waals surface area contributed by atoms with Crippen LogP contribution in [0.15, 0.2) is 96.7 Å². The number of allylic oxidation sites excluding steroid dienone is 3. The first-order chi connectivity index (χ1) is 31.9. The van der Waals surface area contributed by atoms with Gasteiger partial charge in [-0.1, -0.05) is 161 Å². The van der Waals surface area contributed by atoms with Crippen LogP contribution in [0.25, 0.3) is 11.1 Å². The summed E-state index contributed by atoms with van der Waals surface area (Å²) in [6.07, 6.45) is 31.3. The molecule has 0 radical (unpaired) electrons. The molecular formula is C64H88N2. The summed E-state index contributed by atoms with van der Waals surface area (Å²) < 4.78 is 0. The molecule has 66 heavy (non-hydrogen) atoms. The third kappa shape index (κ3) is 8.35.